The van der Waals surface area contributed by atoms with Gasteiger partial charge in [0, 0.05) is 38.4 Å². The molecule has 2 heterocycles. The van der Waals surface area contributed by atoms with Crippen LogP contribution in [0.25, 0.3) is 0 Å². The Hall–Kier alpha value is -1.78. The molecule has 0 spiro atoms. The number of aromatic nitrogens is 1. The van der Waals surface area contributed by atoms with Gasteiger partial charge in [-0.25, -0.2) is 4.98 Å². The van der Waals surface area contributed by atoms with E-state index in [0.29, 0.717) is 12.4 Å². The minimum absolute atomic E-state index is 0.681. The van der Waals surface area contributed by atoms with Crippen LogP contribution in [0.3, 0.4) is 0 Å². The second kappa shape index (κ2) is 6.99. The number of hydrogen-bond donors (Lipinski definition) is 1. The Morgan fingerprint density at radius 1 is 1.36 bits per heavy atom. The molecule has 0 aromatic carbocycles. The maximum atomic E-state index is 5.31. The largest absolute Gasteiger partial charge is 0.481 e. The van der Waals surface area contributed by atoms with Crippen LogP contribution in [0.15, 0.2) is 23.3 Å². The zero-order chi connectivity index (χ0) is 15.4. The summed E-state index contributed by atoms with van der Waals surface area (Å²) in [4.78, 5) is 11.1. The highest BCUT2D eigenvalue weighted by atomic mass is 16.5. The topological polar surface area (TPSA) is 49.8 Å². The summed E-state index contributed by atoms with van der Waals surface area (Å²) in [6, 6.07) is 3.97. The summed E-state index contributed by atoms with van der Waals surface area (Å²) in [5.74, 6) is 3.40. The molecular weight excluding hydrogens is 276 g/mol. The third kappa shape index (κ3) is 3.18. The number of methoxy groups -OCH3 is 1. The Morgan fingerprint density at radius 3 is 2.73 bits per heavy atom. The predicted octanol–water partition coefficient (Wildman–Crippen LogP) is 2.29. The van der Waals surface area contributed by atoms with Crippen LogP contribution in [0.4, 0.5) is 0 Å². The molecule has 1 N–H and O–H groups in total. The van der Waals surface area contributed by atoms with E-state index in [-0.39, 0.29) is 0 Å². The van der Waals surface area contributed by atoms with Crippen LogP contribution in [0.2, 0.25) is 0 Å². The van der Waals surface area contributed by atoms with Crippen LogP contribution in [0.5, 0.6) is 5.88 Å². The maximum Gasteiger partial charge on any atom is 0.218 e. The summed E-state index contributed by atoms with van der Waals surface area (Å²) in [6.07, 6.45) is 7.31. The molecule has 0 radical (unpaired) electrons. The Labute approximate surface area is 132 Å². The molecule has 1 aliphatic heterocycles. The minimum Gasteiger partial charge on any atom is -0.481 e. The van der Waals surface area contributed by atoms with Crippen molar-refractivity contribution >= 4 is 5.96 Å². The zero-order valence-corrected chi connectivity index (χ0v) is 13.6. The van der Waals surface area contributed by atoms with Crippen molar-refractivity contribution in [2.45, 2.75) is 32.2 Å². The highest BCUT2D eigenvalue weighted by Crippen LogP contribution is 2.35. The van der Waals surface area contributed by atoms with Crippen molar-refractivity contribution in [2.75, 3.05) is 27.2 Å². The summed E-state index contributed by atoms with van der Waals surface area (Å²) < 4.78 is 5.31. The quantitative estimate of drug-likeness (QED) is 0.687. The van der Waals surface area contributed by atoms with Crippen molar-refractivity contribution in [3.05, 3.63) is 23.9 Å². The molecule has 1 aromatic rings. The fraction of sp³-hybridized carbons (Fsp3) is 0.647. The lowest BCUT2D eigenvalue weighted by atomic mass is 9.82. The minimum atomic E-state index is 0.681. The highest BCUT2D eigenvalue weighted by Gasteiger charge is 2.35. The van der Waals surface area contributed by atoms with Gasteiger partial charge in [0.15, 0.2) is 5.96 Å². The van der Waals surface area contributed by atoms with Gasteiger partial charge in [-0.15, -0.1) is 0 Å². The summed E-state index contributed by atoms with van der Waals surface area (Å²) >= 11 is 0. The number of nitrogens with zero attached hydrogens (tertiary/aromatic N) is 3. The van der Waals surface area contributed by atoms with Crippen molar-refractivity contribution in [1.29, 1.82) is 0 Å². The van der Waals surface area contributed by atoms with Crippen LogP contribution in [-0.2, 0) is 6.54 Å². The van der Waals surface area contributed by atoms with Gasteiger partial charge in [0.1, 0.15) is 0 Å². The standard InChI is InChI=1S/C17H26N4O/c1-18-17(20-10-13-8-5-9-19-16(13)22-2)21-11-14-6-3-4-7-15(14)12-21/h5,8-9,14-15H,3-4,6-7,10-12H2,1-2H3,(H,18,20). The summed E-state index contributed by atoms with van der Waals surface area (Å²) in [7, 11) is 3.52. The monoisotopic (exact) mass is 302 g/mol. The summed E-state index contributed by atoms with van der Waals surface area (Å²) in [5, 5.41) is 3.47. The lowest BCUT2D eigenvalue weighted by Crippen LogP contribution is -2.40. The smallest absolute Gasteiger partial charge is 0.218 e. The van der Waals surface area contributed by atoms with Crippen LogP contribution in [0.1, 0.15) is 31.2 Å². The van der Waals surface area contributed by atoms with Gasteiger partial charge < -0.3 is 15.0 Å². The van der Waals surface area contributed by atoms with Gasteiger partial charge in [-0.3, -0.25) is 4.99 Å². The number of ether oxygens (including phenoxy) is 1. The molecule has 5 nitrogen and oxygen atoms in total. The van der Waals surface area contributed by atoms with Gasteiger partial charge in [0.05, 0.1) is 7.11 Å². The molecule has 2 aliphatic rings. The van der Waals surface area contributed by atoms with E-state index in [4.69, 9.17) is 4.74 Å². The number of hydrogen-bond acceptors (Lipinski definition) is 3. The molecule has 1 aromatic heterocycles. The first-order valence-electron chi connectivity index (χ1n) is 8.25. The Morgan fingerprint density at radius 2 is 2.09 bits per heavy atom. The predicted molar refractivity (Wildman–Crippen MR) is 88.0 cm³/mol. The molecule has 5 heteroatoms. The molecule has 3 rings (SSSR count). The molecule has 1 saturated heterocycles. The Balaban J connectivity index is 1.61. The highest BCUT2D eigenvalue weighted by molar-refractivity contribution is 5.80. The van der Waals surface area contributed by atoms with Crippen LogP contribution >= 0.6 is 0 Å². The number of nitrogens with one attached hydrogen (secondary N) is 1. The molecule has 2 unspecified atom stereocenters. The maximum absolute atomic E-state index is 5.31. The van der Waals surface area contributed by atoms with Crippen molar-refractivity contribution in [3.8, 4) is 5.88 Å². The van der Waals surface area contributed by atoms with E-state index >= 15 is 0 Å². The molecule has 2 fully saturated rings. The first-order chi connectivity index (χ1) is 10.8. The van der Waals surface area contributed by atoms with Crippen molar-refractivity contribution in [2.24, 2.45) is 16.8 Å². The SMILES string of the molecule is CN=C(NCc1cccnc1OC)N1CC2CCCCC2C1. The molecule has 0 amide bonds. The third-order valence-electron chi connectivity index (χ3n) is 4.97. The number of aliphatic imine (C=N–C) groups is 1. The van der Waals surface area contributed by atoms with E-state index in [0.717, 1.165) is 36.4 Å². The molecule has 1 saturated carbocycles. The van der Waals surface area contributed by atoms with Crippen LogP contribution in [0, 0.1) is 11.8 Å². The Kier molecular flexibility index (Phi) is 4.80. The number of rotatable bonds is 3. The zero-order valence-electron chi connectivity index (χ0n) is 13.6. The van der Waals surface area contributed by atoms with Gasteiger partial charge in [0.2, 0.25) is 5.88 Å². The normalized spacial score (nSPS) is 25.0. The molecule has 120 valence electrons. The Bertz CT molecular complexity index is 517. The van der Waals surface area contributed by atoms with Crippen molar-refractivity contribution < 1.29 is 4.74 Å². The van der Waals surface area contributed by atoms with E-state index in [1.165, 1.54) is 25.7 Å². The second-order valence-corrected chi connectivity index (χ2v) is 6.28. The third-order valence-corrected chi connectivity index (χ3v) is 4.97. The van der Waals surface area contributed by atoms with Gasteiger partial charge in [-0.1, -0.05) is 18.9 Å². The molecule has 1 aliphatic carbocycles. The van der Waals surface area contributed by atoms with E-state index in [1.807, 2.05) is 19.2 Å². The molecular formula is C17H26N4O. The number of pyridine rings is 1. The molecule has 2 atom stereocenters. The number of likely N-dealkylation sites (tertiary alicyclic amines) is 1. The summed E-state index contributed by atoms with van der Waals surface area (Å²) in [5.41, 5.74) is 1.06. The average molecular weight is 302 g/mol. The number of guanidine groups is 1. The van der Waals surface area contributed by atoms with Crippen molar-refractivity contribution in [3.63, 3.8) is 0 Å². The second-order valence-electron chi connectivity index (χ2n) is 6.28. The van der Waals surface area contributed by atoms with Gasteiger partial charge in [0.25, 0.3) is 0 Å². The van der Waals surface area contributed by atoms with Gasteiger partial charge in [-0.2, -0.15) is 0 Å². The fourth-order valence-electron chi connectivity index (χ4n) is 3.83. The summed E-state index contributed by atoms with van der Waals surface area (Å²) in [6.45, 7) is 2.98. The van der Waals surface area contributed by atoms with E-state index in [2.05, 4.69) is 20.2 Å². The van der Waals surface area contributed by atoms with Gasteiger partial charge >= 0.3 is 0 Å². The molecule has 22 heavy (non-hydrogen) atoms. The fourth-order valence-corrected chi connectivity index (χ4v) is 3.83. The van der Waals surface area contributed by atoms with Crippen LogP contribution in [-0.4, -0.2) is 43.1 Å². The molecule has 0 bridgehead atoms. The first-order valence-corrected chi connectivity index (χ1v) is 8.25. The van der Waals surface area contributed by atoms with E-state index in [1.54, 1.807) is 13.3 Å². The first kappa shape index (κ1) is 15.1. The lowest BCUT2D eigenvalue weighted by Gasteiger charge is -2.22. The van der Waals surface area contributed by atoms with Gasteiger partial charge in [-0.05, 0) is 30.7 Å². The van der Waals surface area contributed by atoms with Crippen LogP contribution < -0.4 is 10.1 Å². The lowest BCUT2D eigenvalue weighted by molar-refractivity contribution is 0.299. The van der Waals surface area contributed by atoms with Crippen molar-refractivity contribution in [1.82, 2.24) is 15.2 Å². The van der Waals surface area contributed by atoms with E-state index in [9.17, 15) is 0 Å². The van der Waals surface area contributed by atoms with E-state index < -0.39 is 0 Å². The number of fused-ring (bicyclic) bond motifs is 1. The average Bonchev–Trinajstić information content (AvgIpc) is 2.99.